The molecule has 0 fully saturated rings. The van der Waals surface area contributed by atoms with Gasteiger partial charge in [-0.25, -0.2) is 0 Å². The number of aliphatic hydroxyl groups excluding tert-OH is 1. The normalized spacial score (nSPS) is 17.1. The highest BCUT2D eigenvalue weighted by atomic mass is 16.3. The number of nitrogens with one attached hydrogen (secondary N) is 1. The summed E-state index contributed by atoms with van der Waals surface area (Å²) >= 11 is 0. The lowest BCUT2D eigenvalue weighted by atomic mass is 10.0. The van der Waals surface area contributed by atoms with Crippen molar-refractivity contribution in [2.45, 2.75) is 25.9 Å². The highest BCUT2D eigenvalue weighted by molar-refractivity contribution is 5.93. The minimum atomic E-state index is -0.576. The van der Waals surface area contributed by atoms with Crippen LogP contribution in [0.1, 0.15) is 31.4 Å². The lowest BCUT2D eigenvalue weighted by Gasteiger charge is -2.15. The van der Waals surface area contributed by atoms with E-state index < -0.39 is 6.10 Å². The smallest absolute Gasteiger partial charge is 0.228 e. The Kier molecular flexibility index (Phi) is 3.59. The van der Waals surface area contributed by atoms with Gasteiger partial charge in [0, 0.05) is 17.2 Å². The number of allylic oxidation sites excluding steroid dienone is 2. The highest BCUT2D eigenvalue weighted by Crippen LogP contribution is 2.25. The van der Waals surface area contributed by atoms with Gasteiger partial charge in [-0.15, -0.1) is 0 Å². The predicted octanol–water partition coefficient (Wildman–Crippen LogP) is 2.64. The molecule has 1 aromatic rings. The van der Waals surface area contributed by atoms with Crippen LogP contribution in [0.2, 0.25) is 0 Å². The van der Waals surface area contributed by atoms with E-state index in [1.165, 1.54) is 0 Å². The standard InChI is InChI=1S/C14H17NO2/c1-10(16)12-8-4-5-9-13(12)15-14(17)11-6-2-3-7-11/h2-5,8-11,16H,6-7H2,1H3,(H,15,17). The molecule has 1 unspecified atom stereocenters. The average molecular weight is 231 g/mol. The molecule has 1 atom stereocenters. The first-order valence-corrected chi connectivity index (χ1v) is 5.91. The molecular weight excluding hydrogens is 214 g/mol. The van der Waals surface area contributed by atoms with E-state index >= 15 is 0 Å². The Morgan fingerprint density at radius 2 is 2.00 bits per heavy atom. The quantitative estimate of drug-likeness (QED) is 0.786. The van der Waals surface area contributed by atoms with Gasteiger partial charge in [-0.05, 0) is 25.8 Å². The SMILES string of the molecule is CC(O)c1ccccc1NC(=O)C1CC=CC1. The highest BCUT2D eigenvalue weighted by Gasteiger charge is 2.20. The molecule has 1 amide bonds. The zero-order valence-electron chi connectivity index (χ0n) is 9.89. The molecule has 0 saturated carbocycles. The first kappa shape index (κ1) is 11.9. The van der Waals surface area contributed by atoms with E-state index in [9.17, 15) is 9.90 Å². The number of hydrogen-bond acceptors (Lipinski definition) is 2. The number of aliphatic hydroxyl groups is 1. The Bertz CT molecular complexity index is 430. The molecule has 0 aromatic heterocycles. The minimum Gasteiger partial charge on any atom is -0.389 e. The second kappa shape index (κ2) is 5.15. The molecule has 3 heteroatoms. The van der Waals surface area contributed by atoms with Crippen molar-refractivity contribution in [2.75, 3.05) is 5.32 Å². The first-order chi connectivity index (χ1) is 8.18. The van der Waals surface area contributed by atoms with Crippen molar-refractivity contribution in [2.24, 2.45) is 5.92 Å². The fourth-order valence-corrected chi connectivity index (χ4v) is 2.04. The van der Waals surface area contributed by atoms with Crippen LogP contribution in [0.3, 0.4) is 0 Å². The van der Waals surface area contributed by atoms with E-state index in [4.69, 9.17) is 0 Å². The van der Waals surface area contributed by atoms with E-state index in [-0.39, 0.29) is 11.8 Å². The summed E-state index contributed by atoms with van der Waals surface area (Å²) in [7, 11) is 0. The van der Waals surface area contributed by atoms with Crippen LogP contribution >= 0.6 is 0 Å². The number of rotatable bonds is 3. The topological polar surface area (TPSA) is 49.3 Å². The number of hydrogen-bond donors (Lipinski definition) is 2. The van der Waals surface area contributed by atoms with Crippen LogP contribution in [0.4, 0.5) is 5.69 Å². The second-order valence-electron chi connectivity index (χ2n) is 4.39. The van der Waals surface area contributed by atoms with Crippen LogP contribution in [0.25, 0.3) is 0 Å². The van der Waals surface area contributed by atoms with E-state index in [2.05, 4.69) is 5.32 Å². The van der Waals surface area contributed by atoms with Crippen molar-refractivity contribution in [1.29, 1.82) is 0 Å². The fourth-order valence-electron chi connectivity index (χ4n) is 2.04. The minimum absolute atomic E-state index is 0.0306. The van der Waals surface area contributed by atoms with Crippen molar-refractivity contribution >= 4 is 11.6 Å². The van der Waals surface area contributed by atoms with Crippen molar-refractivity contribution in [3.05, 3.63) is 42.0 Å². The maximum absolute atomic E-state index is 12.0. The van der Waals surface area contributed by atoms with Crippen molar-refractivity contribution in [3.63, 3.8) is 0 Å². The number of amides is 1. The molecule has 0 aliphatic heterocycles. The monoisotopic (exact) mass is 231 g/mol. The summed E-state index contributed by atoms with van der Waals surface area (Å²) in [6.45, 7) is 1.70. The first-order valence-electron chi connectivity index (χ1n) is 5.91. The van der Waals surface area contributed by atoms with Gasteiger partial charge in [-0.1, -0.05) is 30.4 Å². The summed E-state index contributed by atoms with van der Waals surface area (Å²) in [4.78, 5) is 12.0. The zero-order valence-corrected chi connectivity index (χ0v) is 9.89. The van der Waals surface area contributed by atoms with Crippen LogP contribution in [-0.2, 0) is 4.79 Å². The van der Waals surface area contributed by atoms with Gasteiger partial charge in [0.05, 0.1) is 6.10 Å². The molecule has 1 aliphatic rings. The third-order valence-electron chi connectivity index (χ3n) is 3.05. The molecule has 0 spiro atoms. The van der Waals surface area contributed by atoms with Crippen LogP contribution in [0.15, 0.2) is 36.4 Å². The number of para-hydroxylation sites is 1. The summed E-state index contributed by atoms with van der Waals surface area (Å²) in [5.41, 5.74) is 1.46. The Labute approximate surface area is 101 Å². The lowest BCUT2D eigenvalue weighted by molar-refractivity contribution is -0.119. The zero-order chi connectivity index (χ0) is 12.3. The lowest BCUT2D eigenvalue weighted by Crippen LogP contribution is -2.21. The number of benzene rings is 1. The largest absolute Gasteiger partial charge is 0.389 e. The molecule has 2 rings (SSSR count). The van der Waals surface area contributed by atoms with Crippen molar-refractivity contribution < 1.29 is 9.90 Å². The Morgan fingerprint density at radius 3 is 2.65 bits per heavy atom. The van der Waals surface area contributed by atoms with E-state index in [1.54, 1.807) is 6.92 Å². The van der Waals surface area contributed by atoms with Gasteiger partial charge >= 0.3 is 0 Å². The van der Waals surface area contributed by atoms with Crippen molar-refractivity contribution in [3.8, 4) is 0 Å². The van der Waals surface area contributed by atoms with E-state index in [0.717, 1.165) is 18.4 Å². The van der Waals surface area contributed by atoms with E-state index in [0.29, 0.717) is 5.69 Å². The summed E-state index contributed by atoms with van der Waals surface area (Å²) in [5, 5.41) is 12.5. The summed E-state index contributed by atoms with van der Waals surface area (Å²) in [5.74, 6) is 0.0696. The molecule has 0 radical (unpaired) electrons. The Hall–Kier alpha value is -1.61. The molecule has 0 heterocycles. The summed E-state index contributed by atoms with van der Waals surface area (Å²) in [6.07, 6.45) is 5.11. The van der Waals surface area contributed by atoms with Crippen LogP contribution < -0.4 is 5.32 Å². The molecule has 90 valence electrons. The van der Waals surface area contributed by atoms with Gasteiger partial charge in [0.25, 0.3) is 0 Å². The summed E-state index contributed by atoms with van der Waals surface area (Å²) in [6, 6.07) is 7.36. The molecule has 0 bridgehead atoms. The number of carbonyl (C=O) groups excluding carboxylic acids is 1. The maximum atomic E-state index is 12.0. The van der Waals surface area contributed by atoms with Gasteiger partial charge in [0.1, 0.15) is 0 Å². The average Bonchev–Trinajstić information content (AvgIpc) is 2.83. The van der Waals surface area contributed by atoms with Gasteiger partial charge in [0.2, 0.25) is 5.91 Å². The third kappa shape index (κ3) is 2.74. The Morgan fingerprint density at radius 1 is 1.35 bits per heavy atom. The molecule has 2 N–H and O–H groups in total. The molecular formula is C14H17NO2. The third-order valence-corrected chi connectivity index (χ3v) is 3.05. The predicted molar refractivity (Wildman–Crippen MR) is 67.6 cm³/mol. The van der Waals surface area contributed by atoms with Crippen LogP contribution in [-0.4, -0.2) is 11.0 Å². The van der Waals surface area contributed by atoms with Gasteiger partial charge in [0.15, 0.2) is 0 Å². The van der Waals surface area contributed by atoms with Crippen molar-refractivity contribution in [1.82, 2.24) is 0 Å². The molecule has 0 saturated heterocycles. The second-order valence-corrected chi connectivity index (χ2v) is 4.39. The molecule has 17 heavy (non-hydrogen) atoms. The number of anilines is 1. The summed E-state index contributed by atoms with van der Waals surface area (Å²) < 4.78 is 0. The van der Waals surface area contributed by atoms with E-state index in [1.807, 2.05) is 36.4 Å². The maximum Gasteiger partial charge on any atom is 0.228 e. The van der Waals surface area contributed by atoms with Gasteiger partial charge in [-0.2, -0.15) is 0 Å². The molecule has 3 nitrogen and oxygen atoms in total. The van der Waals surface area contributed by atoms with Gasteiger partial charge < -0.3 is 10.4 Å². The number of carbonyl (C=O) groups is 1. The molecule has 1 aromatic carbocycles. The molecule has 1 aliphatic carbocycles. The van der Waals surface area contributed by atoms with Crippen LogP contribution in [0, 0.1) is 5.92 Å². The van der Waals surface area contributed by atoms with Crippen LogP contribution in [0.5, 0.6) is 0 Å². The fraction of sp³-hybridized carbons (Fsp3) is 0.357. The Balaban J connectivity index is 2.10. The van der Waals surface area contributed by atoms with Gasteiger partial charge in [-0.3, -0.25) is 4.79 Å².